The van der Waals surface area contributed by atoms with Gasteiger partial charge in [0.1, 0.15) is 12.3 Å². The number of rotatable bonds is 2. The lowest BCUT2D eigenvalue weighted by Crippen LogP contribution is -2.56. The van der Waals surface area contributed by atoms with E-state index in [9.17, 15) is 4.79 Å². The summed E-state index contributed by atoms with van der Waals surface area (Å²) in [6.07, 6.45) is -0.243. The van der Waals surface area contributed by atoms with Crippen LogP contribution in [0.15, 0.2) is 30.3 Å². The normalized spacial score (nSPS) is 27.2. The predicted molar refractivity (Wildman–Crippen MR) is 78.6 cm³/mol. The fourth-order valence-corrected chi connectivity index (χ4v) is 2.97. The molecule has 1 N–H and O–H groups in total. The van der Waals surface area contributed by atoms with Gasteiger partial charge in [-0.05, 0) is 19.4 Å². The first-order chi connectivity index (χ1) is 10.0. The van der Waals surface area contributed by atoms with Crippen molar-refractivity contribution >= 4 is 6.09 Å². The second-order valence-electron chi connectivity index (χ2n) is 6.28. The number of hydrogen-bond donors (Lipinski definition) is 1. The number of carbonyl (C=O) groups excluding carboxylic acids is 1. The van der Waals surface area contributed by atoms with Crippen LogP contribution in [0.3, 0.4) is 0 Å². The molecule has 2 aliphatic rings. The van der Waals surface area contributed by atoms with Gasteiger partial charge in [0, 0.05) is 25.0 Å². The Balaban J connectivity index is 1.53. The van der Waals surface area contributed by atoms with Gasteiger partial charge < -0.3 is 14.4 Å². The zero-order valence-corrected chi connectivity index (χ0v) is 12.5. The molecule has 0 aromatic heterocycles. The van der Waals surface area contributed by atoms with Crippen LogP contribution >= 0.6 is 0 Å². The first-order valence-electron chi connectivity index (χ1n) is 7.41. The first-order valence-corrected chi connectivity index (χ1v) is 7.41. The van der Waals surface area contributed by atoms with Crippen LogP contribution in [0.25, 0.3) is 0 Å². The fraction of sp³-hybridized carbons (Fsp3) is 0.562. The Morgan fingerprint density at radius 1 is 1.38 bits per heavy atom. The minimum absolute atomic E-state index is 0.243. The highest BCUT2D eigenvalue weighted by molar-refractivity contribution is 5.68. The molecule has 0 radical (unpaired) electrons. The molecule has 0 aliphatic carbocycles. The summed E-state index contributed by atoms with van der Waals surface area (Å²) in [5.41, 5.74) is 0.690. The van der Waals surface area contributed by atoms with Gasteiger partial charge in [-0.25, -0.2) is 4.79 Å². The molecular formula is C16H22N2O3. The fourth-order valence-electron chi connectivity index (χ4n) is 2.97. The highest BCUT2D eigenvalue weighted by Crippen LogP contribution is 2.26. The van der Waals surface area contributed by atoms with Crippen molar-refractivity contribution in [2.45, 2.75) is 32.2 Å². The van der Waals surface area contributed by atoms with E-state index in [0.717, 1.165) is 5.56 Å². The van der Waals surface area contributed by atoms with Gasteiger partial charge in [0.15, 0.2) is 0 Å². The predicted octanol–water partition coefficient (Wildman–Crippen LogP) is 1.98. The summed E-state index contributed by atoms with van der Waals surface area (Å²) >= 11 is 0. The maximum absolute atomic E-state index is 12.2. The molecule has 0 spiro atoms. The minimum Gasteiger partial charge on any atom is -0.445 e. The van der Waals surface area contributed by atoms with Crippen molar-refractivity contribution < 1.29 is 14.3 Å². The summed E-state index contributed by atoms with van der Waals surface area (Å²) in [7, 11) is 0. The van der Waals surface area contributed by atoms with Crippen LogP contribution in [0, 0.1) is 5.92 Å². The van der Waals surface area contributed by atoms with E-state index in [-0.39, 0.29) is 17.9 Å². The van der Waals surface area contributed by atoms with E-state index in [1.54, 1.807) is 4.90 Å². The van der Waals surface area contributed by atoms with Gasteiger partial charge in [0.25, 0.3) is 0 Å². The maximum Gasteiger partial charge on any atom is 0.410 e. The molecule has 2 heterocycles. The zero-order valence-electron chi connectivity index (χ0n) is 12.5. The van der Waals surface area contributed by atoms with Crippen LogP contribution in [0.2, 0.25) is 0 Å². The number of benzene rings is 1. The molecule has 0 bridgehead atoms. The van der Waals surface area contributed by atoms with Crippen molar-refractivity contribution in [3.63, 3.8) is 0 Å². The molecule has 1 aromatic rings. The number of nitrogens with one attached hydrogen (secondary N) is 1. The largest absolute Gasteiger partial charge is 0.445 e. The third-order valence-electron chi connectivity index (χ3n) is 4.10. The van der Waals surface area contributed by atoms with Crippen molar-refractivity contribution in [1.82, 2.24) is 10.2 Å². The summed E-state index contributed by atoms with van der Waals surface area (Å²) < 4.78 is 11.1. The third kappa shape index (κ3) is 3.36. The van der Waals surface area contributed by atoms with Crippen molar-refractivity contribution in [3.8, 4) is 0 Å². The van der Waals surface area contributed by atoms with E-state index in [2.05, 4.69) is 5.32 Å². The van der Waals surface area contributed by atoms with Gasteiger partial charge >= 0.3 is 6.09 Å². The number of likely N-dealkylation sites (tertiary alicyclic amines) is 1. The van der Waals surface area contributed by atoms with Crippen LogP contribution in [-0.2, 0) is 16.1 Å². The number of amides is 1. The highest BCUT2D eigenvalue weighted by atomic mass is 16.6. The van der Waals surface area contributed by atoms with E-state index in [4.69, 9.17) is 9.47 Å². The Morgan fingerprint density at radius 2 is 2.14 bits per heavy atom. The Kier molecular flexibility index (Phi) is 3.87. The number of fused-ring (bicyclic) bond motifs is 1. The number of carbonyl (C=O) groups is 1. The maximum atomic E-state index is 12.2. The number of hydrogen-bond acceptors (Lipinski definition) is 4. The molecule has 21 heavy (non-hydrogen) atoms. The van der Waals surface area contributed by atoms with E-state index < -0.39 is 0 Å². The molecule has 114 valence electrons. The molecule has 5 heteroatoms. The summed E-state index contributed by atoms with van der Waals surface area (Å²) in [5, 5.41) is 3.44. The summed E-state index contributed by atoms with van der Waals surface area (Å²) in [6.45, 7) is 6.42. The van der Waals surface area contributed by atoms with Crippen molar-refractivity contribution in [2.24, 2.45) is 5.92 Å². The topological polar surface area (TPSA) is 50.8 Å². The molecule has 2 fully saturated rings. The number of ether oxygens (including phenoxy) is 2. The van der Waals surface area contributed by atoms with E-state index in [1.807, 2.05) is 44.2 Å². The smallest absolute Gasteiger partial charge is 0.410 e. The second kappa shape index (κ2) is 5.66. The molecule has 2 aliphatic heterocycles. The highest BCUT2D eigenvalue weighted by Gasteiger charge is 2.42. The van der Waals surface area contributed by atoms with Gasteiger partial charge in [-0.1, -0.05) is 30.3 Å². The van der Waals surface area contributed by atoms with Gasteiger partial charge in [0.2, 0.25) is 0 Å². The van der Waals surface area contributed by atoms with Crippen molar-refractivity contribution in [2.75, 3.05) is 19.7 Å². The minimum atomic E-state index is -0.314. The Hall–Kier alpha value is -1.59. The Bertz CT molecular complexity index is 504. The van der Waals surface area contributed by atoms with Crippen LogP contribution in [0.4, 0.5) is 4.79 Å². The first kappa shape index (κ1) is 14.4. The Morgan fingerprint density at radius 3 is 2.90 bits per heavy atom. The molecule has 1 aromatic carbocycles. The van der Waals surface area contributed by atoms with E-state index in [1.165, 1.54) is 0 Å². The molecule has 2 atom stereocenters. The lowest BCUT2D eigenvalue weighted by molar-refractivity contribution is -0.101. The molecule has 1 amide bonds. The SMILES string of the molecule is CC1(C)N[C@@H]2CN(C(=O)OCc3ccccc3)C[C@@H]2CO1. The third-order valence-corrected chi connectivity index (χ3v) is 4.10. The van der Waals surface area contributed by atoms with E-state index >= 15 is 0 Å². The molecule has 0 unspecified atom stereocenters. The van der Waals surface area contributed by atoms with Gasteiger partial charge in [-0.3, -0.25) is 5.32 Å². The van der Waals surface area contributed by atoms with Gasteiger partial charge in [-0.2, -0.15) is 0 Å². The second-order valence-corrected chi connectivity index (χ2v) is 6.28. The summed E-state index contributed by atoms with van der Waals surface area (Å²) in [6, 6.07) is 10.0. The molecule has 3 rings (SSSR count). The standard InChI is InChI=1S/C16H22N2O3/c1-16(2)17-14-9-18(8-13(14)11-21-16)15(19)20-10-12-6-4-3-5-7-12/h3-7,13-14,17H,8-11H2,1-2H3/t13-,14-/m1/s1. The molecule has 0 saturated carbocycles. The molecule has 5 nitrogen and oxygen atoms in total. The van der Waals surface area contributed by atoms with Crippen LogP contribution in [0.1, 0.15) is 19.4 Å². The van der Waals surface area contributed by atoms with Crippen LogP contribution in [0.5, 0.6) is 0 Å². The van der Waals surface area contributed by atoms with Crippen molar-refractivity contribution in [3.05, 3.63) is 35.9 Å². The van der Waals surface area contributed by atoms with Gasteiger partial charge in [0.05, 0.1) is 6.61 Å². The lowest BCUT2D eigenvalue weighted by Gasteiger charge is -2.38. The van der Waals surface area contributed by atoms with Gasteiger partial charge in [-0.15, -0.1) is 0 Å². The quantitative estimate of drug-likeness (QED) is 0.905. The summed E-state index contributed by atoms with van der Waals surface area (Å²) in [4.78, 5) is 13.9. The van der Waals surface area contributed by atoms with Crippen molar-refractivity contribution in [1.29, 1.82) is 0 Å². The van der Waals surface area contributed by atoms with Crippen LogP contribution < -0.4 is 5.32 Å². The van der Waals surface area contributed by atoms with Crippen LogP contribution in [-0.4, -0.2) is 42.5 Å². The lowest BCUT2D eigenvalue weighted by atomic mass is 10.0. The average Bonchev–Trinajstić information content (AvgIpc) is 2.87. The number of nitrogens with zero attached hydrogens (tertiary/aromatic N) is 1. The monoisotopic (exact) mass is 290 g/mol. The molecule has 2 saturated heterocycles. The summed E-state index contributed by atoms with van der Waals surface area (Å²) in [5.74, 6) is 0.349. The zero-order chi connectivity index (χ0) is 14.9. The Labute approximate surface area is 125 Å². The van der Waals surface area contributed by atoms with E-state index in [0.29, 0.717) is 32.2 Å². The molecular weight excluding hydrogens is 268 g/mol. The average molecular weight is 290 g/mol.